The third-order valence-corrected chi connectivity index (χ3v) is 1.74. The molecule has 0 saturated carbocycles. The van der Waals surface area contributed by atoms with E-state index < -0.39 is 0 Å². The third kappa shape index (κ3) is 2.71. The highest BCUT2D eigenvalue weighted by Crippen LogP contribution is 2.06. The Bertz CT molecular complexity index is 214. The van der Waals surface area contributed by atoms with Crippen LogP contribution in [0.4, 0.5) is 0 Å². The van der Waals surface area contributed by atoms with Crippen molar-refractivity contribution in [2.24, 2.45) is 0 Å². The van der Waals surface area contributed by atoms with Crippen molar-refractivity contribution in [2.75, 3.05) is 12.4 Å². The molecule has 1 rings (SSSR count). The van der Waals surface area contributed by atoms with E-state index in [-0.39, 0.29) is 12.7 Å². The van der Waals surface area contributed by atoms with Gasteiger partial charge in [-0.25, -0.2) is 4.98 Å². The lowest BCUT2D eigenvalue weighted by atomic mass is 10.4. The highest BCUT2D eigenvalue weighted by atomic mass is 32.1. The lowest BCUT2D eigenvalue weighted by molar-refractivity contribution is 0.129. The van der Waals surface area contributed by atoms with Crippen LogP contribution in [0.1, 0.15) is 0 Å². The topological polar surface area (TPSA) is 42.4 Å². The Hall–Kier alpha value is -0.740. The predicted octanol–water partition coefficient (Wildman–Crippen LogP) is 0.751. The van der Waals surface area contributed by atoms with Crippen molar-refractivity contribution in [3.8, 4) is 5.88 Å². The van der Waals surface area contributed by atoms with Crippen molar-refractivity contribution in [2.45, 2.75) is 6.10 Å². The average Bonchev–Trinajstić information content (AvgIpc) is 2.16. The van der Waals surface area contributed by atoms with E-state index in [9.17, 15) is 0 Å². The minimum absolute atomic E-state index is 0.0416. The number of hydrogen-bond acceptors (Lipinski definition) is 4. The number of hydrogen-bond donors (Lipinski definition) is 2. The first-order valence-corrected chi connectivity index (χ1v) is 4.29. The van der Waals surface area contributed by atoms with E-state index in [1.165, 1.54) is 0 Å². The zero-order valence-corrected chi connectivity index (χ0v) is 7.45. The summed E-state index contributed by atoms with van der Waals surface area (Å²) in [6.45, 7) is -0.0416. The molecule has 1 atom stereocenters. The molecule has 0 aromatic carbocycles. The molecule has 0 amide bonds. The van der Waals surface area contributed by atoms with Crippen LogP contribution in [0.2, 0.25) is 0 Å². The molecule has 1 aromatic heterocycles. The fourth-order valence-electron chi connectivity index (χ4n) is 0.720. The maximum atomic E-state index is 8.79. The van der Waals surface area contributed by atoms with Crippen LogP contribution >= 0.6 is 12.6 Å². The molecule has 0 unspecified atom stereocenters. The molecule has 0 aliphatic carbocycles. The Morgan fingerprint density at radius 1 is 1.58 bits per heavy atom. The summed E-state index contributed by atoms with van der Waals surface area (Å²) in [6, 6.07) is 5.38. The van der Waals surface area contributed by atoms with Gasteiger partial charge in [0, 0.05) is 18.0 Å². The third-order valence-electron chi connectivity index (χ3n) is 1.33. The van der Waals surface area contributed by atoms with Crippen molar-refractivity contribution >= 4 is 12.6 Å². The number of aliphatic hydroxyl groups excluding tert-OH is 1. The molecule has 0 aliphatic heterocycles. The van der Waals surface area contributed by atoms with Gasteiger partial charge in [0.2, 0.25) is 5.88 Å². The van der Waals surface area contributed by atoms with Crippen LogP contribution in [-0.2, 0) is 0 Å². The lowest BCUT2D eigenvalue weighted by Crippen LogP contribution is -2.23. The number of rotatable bonds is 4. The maximum absolute atomic E-state index is 8.79. The van der Waals surface area contributed by atoms with Crippen LogP contribution in [0.5, 0.6) is 5.88 Å². The van der Waals surface area contributed by atoms with Crippen molar-refractivity contribution in [3.05, 3.63) is 24.4 Å². The van der Waals surface area contributed by atoms with Crippen LogP contribution in [0, 0.1) is 0 Å². The van der Waals surface area contributed by atoms with Gasteiger partial charge in [0.25, 0.3) is 0 Å². The van der Waals surface area contributed by atoms with E-state index in [1.54, 1.807) is 12.3 Å². The molecular weight excluding hydrogens is 174 g/mol. The summed E-state index contributed by atoms with van der Waals surface area (Å²) in [5, 5.41) is 8.79. The van der Waals surface area contributed by atoms with Gasteiger partial charge in [-0.3, -0.25) is 0 Å². The molecule has 0 spiro atoms. The Balaban J connectivity index is 2.51. The highest BCUT2D eigenvalue weighted by molar-refractivity contribution is 7.80. The Labute approximate surface area is 76.8 Å². The molecule has 0 saturated heterocycles. The molecule has 1 N–H and O–H groups in total. The number of nitrogens with zero attached hydrogens (tertiary/aromatic N) is 1. The van der Waals surface area contributed by atoms with E-state index in [1.807, 2.05) is 12.1 Å². The van der Waals surface area contributed by atoms with Gasteiger partial charge >= 0.3 is 0 Å². The second-order valence-corrected chi connectivity index (χ2v) is 2.64. The zero-order chi connectivity index (χ0) is 8.81. The summed E-state index contributed by atoms with van der Waals surface area (Å²) >= 11 is 4.01. The summed E-state index contributed by atoms with van der Waals surface area (Å²) in [5.74, 6) is 0.998. The number of pyridine rings is 1. The van der Waals surface area contributed by atoms with Crippen LogP contribution < -0.4 is 4.74 Å². The maximum Gasteiger partial charge on any atom is 0.213 e. The van der Waals surface area contributed by atoms with E-state index in [0.29, 0.717) is 11.6 Å². The monoisotopic (exact) mass is 185 g/mol. The van der Waals surface area contributed by atoms with Gasteiger partial charge in [-0.05, 0) is 6.07 Å². The van der Waals surface area contributed by atoms with Crippen molar-refractivity contribution in [1.82, 2.24) is 4.98 Å². The molecule has 3 nitrogen and oxygen atoms in total. The molecule has 0 radical (unpaired) electrons. The van der Waals surface area contributed by atoms with E-state index >= 15 is 0 Å². The molecule has 66 valence electrons. The molecule has 4 heteroatoms. The van der Waals surface area contributed by atoms with Gasteiger partial charge in [0.15, 0.2) is 0 Å². The first kappa shape index (κ1) is 9.35. The van der Waals surface area contributed by atoms with Crippen molar-refractivity contribution in [3.63, 3.8) is 0 Å². The van der Waals surface area contributed by atoms with E-state index in [4.69, 9.17) is 9.84 Å². The second kappa shape index (κ2) is 5.00. The molecule has 0 fully saturated rings. The number of thiol groups is 1. The van der Waals surface area contributed by atoms with Crippen LogP contribution in [-0.4, -0.2) is 28.6 Å². The van der Waals surface area contributed by atoms with Crippen molar-refractivity contribution in [1.29, 1.82) is 0 Å². The van der Waals surface area contributed by atoms with Gasteiger partial charge in [-0.2, -0.15) is 12.6 Å². The summed E-state index contributed by atoms with van der Waals surface area (Å²) in [5.41, 5.74) is 0. The molecule has 0 bridgehead atoms. The standard InChI is InChI=1S/C8H11NO2S/c10-5-7(6-12)11-8-3-1-2-4-9-8/h1-4,7,10,12H,5-6H2/t7-/m0/s1. The first-order chi connectivity index (χ1) is 5.86. The predicted molar refractivity (Wildman–Crippen MR) is 49.6 cm³/mol. The highest BCUT2D eigenvalue weighted by Gasteiger charge is 2.06. The zero-order valence-electron chi connectivity index (χ0n) is 6.55. The van der Waals surface area contributed by atoms with Crippen molar-refractivity contribution < 1.29 is 9.84 Å². The Morgan fingerprint density at radius 2 is 2.42 bits per heavy atom. The molecule has 1 aromatic rings. The van der Waals surface area contributed by atoms with Crippen LogP contribution in [0.15, 0.2) is 24.4 Å². The second-order valence-electron chi connectivity index (χ2n) is 2.27. The first-order valence-electron chi connectivity index (χ1n) is 3.66. The van der Waals surface area contributed by atoms with Crippen LogP contribution in [0.25, 0.3) is 0 Å². The molecule has 1 heterocycles. The van der Waals surface area contributed by atoms with Gasteiger partial charge in [0.1, 0.15) is 6.10 Å². The normalized spacial score (nSPS) is 12.5. The van der Waals surface area contributed by atoms with Gasteiger partial charge in [0.05, 0.1) is 6.61 Å². The summed E-state index contributed by atoms with van der Waals surface area (Å²) in [7, 11) is 0. The lowest BCUT2D eigenvalue weighted by Gasteiger charge is -2.12. The number of aromatic nitrogens is 1. The van der Waals surface area contributed by atoms with Crippen LogP contribution in [0.3, 0.4) is 0 Å². The quantitative estimate of drug-likeness (QED) is 0.680. The smallest absolute Gasteiger partial charge is 0.213 e. The molecule has 12 heavy (non-hydrogen) atoms. The largest absolute Gasteiger partial charge is 0.471 e. The summed E-state index contributed by atoms with van der Waals surface area (Å²) in [4.78, 5) is 3.95. The summed E-state index contributed by atoms with van der Waals surface area (Å²) < 4.78 is 5.28. The Kier molecular flexibility index (Phi) is 3.90. The molecular formula is C8H11NO2S. The molecule has 0 aliphatic rings. The van der Waals surface area contributed by atoms with Gasteiger partial charge < -0.3 is 9.84 Å². The minimum atomic E-state index is -0.275. The minimum Gasteiger partial charge on any atom is -0.471 e. The van der Waals surface area contributed by atoms with E-state index in [0.717, 1.165) is 0 Å². The Morgan fingerprint density at radius 3 is 2.92 bits per heavy atom. The van der Waals surface area contributed by atoms with Gasteiger partial charge in [-0.15, -0.1) is 0 Å². The average molecular weight is 185 g/mol. The SMILES string of the molecule is OC[C@@H](CS)Oc1ccccn1. The fourth-order valence-corrected chi connectivity index (χ4v) is 0.910. The fraction of sp³-hybridized carbons (Fsp3) is 0.375. The number of ether oxygens (including phenoxy) is 1. The summed E-state index contributed by atoms with van der Waals surface area (Å²) in [6.07, 6.45) is 1.37. The number of aliphatic hydroxyl groups is 1. The van der Waals surface area contributed by atoms with E-state index in [2.05, 4.69) is 17.6 Å². The van der Waals surface area contributed by atoms with Gasteiger partial charge in [-0.1, -0.05) is 6.07 Å².